The van der Waals surface area contributed by atoms with Crippen molar-refractivity contribution in [1.29, 1.82) is 0 Å². The van der Waals surface area contributed by atoms with Crippen LogP contribution in [0, 0.1) is 0 Å². The van der Waals surface area contributed by atoms with Crippen LogP contribution in [0.3, 0.4) is 0 Å². The Labute approximate surface area is 135 Å². The van der Waals surface area contributed by atoms with Crippen molar-refractivity contribution in [2.75, 3.05) is 20.7 Å². The van der Waals surface area contributed by atoms with Crippen LogP contribution >= 0.6 is 11.3 Å². The number of nitrogens with zero attached hydrogens (tertiary/aromatic N) is 1. The molecule has 3 aromatic rings. The molecule has 0 radical (unpaired) electrons. The van der Waals surface area contributed by atoms with E-state index in [0.29, 0.717) is 6.04 Å². The second-order valence-corrected chi connectivity index (χ2v) is 6.93. The third kappa shape index (κ3) is 2.13. The molecule has 22 heavy (non-hydrogen) atoms. The molecular formula is C19H19NOS. The monoisotopic (exact) mass is 309 g/mol. The molecule has 1 aliphatic rings. The van der Waals surface area contributed by atoms with E-state index in [1.165, 1.54) is 20.5 Å². The summed E-state index contributed by atoms with van der Waals surface area (Å²) >= 11 is 1.94. The first-order valence-electron chi connectivity index (χ1n) is 7.62. The van der Waals surface area contributed by atoms with Crippen molar-refractivity contribution in [2.24, 2.45) is 0 Å². The first kappa shape index (κ1) is 13.8. The van der Waals surface area contributed by atoms with Crippen LogP contribution in [0.1, 0.15) is 22.0 Å². The standard InChI is InChI=1S/C19H19NOS/c1-20-12-11-16-15-5-3-4-6-17(15)22-19(16)18(20)13-7-9-14(21-2)10-8-13/h3-10,18H,11-12H2,1-2H3. The highest BCUT2D eigenvalue weighted by molar-refractivity contribution is 7.19. The molecule has 0 amide bonds. The highest BCUT2D eigenvalue weighted by atomic mass is 32.1. The van der Waals surface area contributed by atoms with Gasteiger partial charge in [0.2, 0.25) is 0 Å². The van der Waals surface area contributed by atoms with E-state index in [4.69, 9.17) is 4.74 Å². The Kier molecular flexibility index (Phi) is 3.40. The summed E-state index contributed by atoms with van der Waals surface area (Å²) in [5, 5.41) is 1.44. The van der Waals surface area contributed by atoms with Crippen LogP contribution in [0.4, 0.5) is 0 Å². The topological polar surface area (TPSA) is 12.5 Å². The lowest BCUT2D eigenvalue weighted by molar-refractivity contribution is 0.269. The van der Waals surface area contributed by atoms with Crippen molar-refractivity contribution in [3.05, 3.63) is 64.5 Å². The Morgan fingerprint density at radius 1 is 1.09 bits per heavy atom. The summed E-state index contributed by atoms with van der Waals surface area (Å²) in [7, 11) is 3.94. The van der Waals surface area contributed by atoms with Crippen LogP contribution in [0.5, 0.6) is 5.75 Å². The van der Waals surface area contributed by atoms with E-state index in [0.717, 1.165) is 18.7 Å². The Bertz CT molecular complexity index is 806. The zero-order valence-electron chi connectivity index (χ0n) is 12.9. The molecule has 1 aliphatic heterocycles. The fourth-order valence-corrected chi connectivity index (χ4v) is 4.85. The zero-order chi connectivity index (χ0) is 15.1. The van der Waals surface area contributed by atoms with Gasteiger partial charge in [-0.25, -0.2) is 0 Å². The molecule has 0 aliphatic carbocycles. The van der Waals surface area contributed by atoms with Gasteiger partial charge in [-0.3, -0.25) is 4.90 Å². The second-order valence-electron chi connectivity index (χ2n) is 5.85. The highest BCUT2D eigenvalue weighted by Gasteiger charge is 2.29. The van der Waals surface area contributed by atoms with E-state index < -0.39 is 0 Å². The van der Waals surface area contributed by atoms with E-state index in [1.807, 2.05) is 11.3 Å². The average Bonchev–Trinajstić information content (AvgIpc) is 2.93. The summed E-state index contributed by atoms with van der Waals surface area (Å²) in [5.74, 6) is 0.916. The van der Waals surface area contributed by atoms with Gasteiger partial charge in [-0.2, -0.15) is 0 Å². The molecule has 2 nitrogen and oxygen atoms in total. The molecule has 2 aromatic carbocycles. The molecule has 112 valence electrons. The Hall–Kier alpha value is -1.84. The van der Waals surface area contributed by atoms with Crippen molar-refractivity contribution in [3.8, 4) is 5.75 Å². The minimum Gasteiger partial charge on any atom is -0.497 e. The van der Waals surface area contributed by atoms with Crippen molar-refractivity contribution in [1.82, 2.24) is 4.90 Å². The molecule has 0 spiro atoms. The van der Waals surface area contributed by atoms with Gasteiger partial charge in [0.15, 0.2) is 0 Å². The third-order valence-corrected chi connectivity index (χ3v) is 5.83. The number of likely N-dealkylation sites (N-methyl/N-ethyl adjacent to an activating group) is 1. The molecule has 1 unspecified atom stereocenters. The molecule has 0 saturated heterocycles. The summed E-state index contributed by atoms with van der Waals surface area (Å²) in [6, 6.07) is 17.7. The van der Waals surface area contributed by atoms with Crippen LogP contribution < -0.4 is 4.74 Å². The summed E-state index contributed by atoms with van der Waals surface area (Å²) in [4.78, 5) is 3.96. The van der Waals surface area contributed by atoms with E-state index in [1.54, 1.807) is 12.7 Å². The van der Waals surface area contributed by atoms with Crippen LogP contribution in [-0.2, 0) is 6.42 Å². The van der Waals surface area contributed by atoms with Gasteiger partial charge < -0.3 is 4.74 Å². The first-order chi connectivity index (χ1) is 10.8. The van der Waals surface area contributed by atoms with Crippen LogP contribution in [0.25, 0.3) is 10.1 Å². The van der Waals surface area contributed by atoms with E-state index >= 15 is 0 Å². The van der Waals surface area contributed by atoms with E-state index in [9.17, 15) is 0 Å². The first-order valence-corrected chi connectivity index (χ1v) is 8.44. The summed E-state index contributed by atoms with van der Waals surface area (Å²) in [6.45, 7) is 1.10. The number of benzene rings is 2. The van der Waals surface area contributed by atoms with Crippen LogP contribution in [0.2, 0.25) is 0 Å². The fraction of sp³-hybridized carbons (Fsp3) is 0.263. The number of hydrogen-bond donors (Lipinski definition) is 0. The lowest BCUT2D eigenvalue weighted by Gasteiger charge is -2.33. The molecule has 0 saturated carbocycles. The highest BCUT2D eigenvalue weighted by Crippen LogP contribution is 2.43. The minimum absolute atomic E-state index is 0.354. The summed E-state index contributed by atoms with van der Waals surface area (Å²) in [5.41, 5.74) is 2.88. The van der Waals surface area contributed by atoms with Gasteiger partial charge in [0, 0.05) is 16.1 Å². The summed E-state index contributed by atoms with van der Waals surface area (Å²) in [6.07, 6.45) is 1.14. The maximum atomic E-state index is 5.29. The number of methoxy groups -OCH3 is 1. The van der Waals surface area contributed by atoms with Crippen molar-refractivity contribution >= 4 is 21.4 Å². The van der Waals surface area contributed by atoms with Crippen molar-refractivity contribution in [3.63, 3.8) is 0 Å². The van der Waals surface area contributed by atoms with E-state index in [-0.39, 0.29) is 0 Å². The Morgan fingerprint density at radius 3 is 2.64 bits per heavy atom. The lowest BCUT2D eigenvalue weighted by Crippen LogP contribution is -2.31. The van der Waals surface area contributed by atoms with Gasteiger partial charge in [-0.15, -0.1) is 11.3 Å². The quantitative estimate of drug-likeness (QED) is 0.691. The second kappa shape index (κ2) is 5.41. The number of thiophene rings is 1. The maximum absolute atomic E-state index is 5.29. The molecule has 2 heterocycles. The number of fused-ring (bicyclic) bond motifs is 3. The van der Waals surface area contributed by atoms with Gasteiger partial charge in [0.05, 0.1) is 13.2 Å². The zero-order valence-corrected chi connectivity index (χ0v) is 13.7. The van der Waals surface area contributed by atoms with Crippen molar-refractivity contribution in [2.45, 2.75) is 12.5 Å². The molecule has 3 heteroatoms. The van der Waals surface area contributed by atoms with Gasteiger partial charge >= 0.3 is 0 Å². The number of hydrogen-bond acceptors (Lipinski definition) is 3. The van der Waals surface area contributed by atoms with Gasteiger partial charge in [0.25, 0.3) is 0 Å². The number of rotatable bonds is 2. The largest absolute Gasteiger partial charge is 0.497 e. The van der Waals surface area contributed by atoms with Gasteiger partial charge in [0.1, 0.15) is 5.75 Å². The normalized spacial score (nSPS) is 18.4. The third-order valence-electron chi connectivity index (χ3n) is 4.56. The number of ether oxygens (including phenoxy) is 1. The predicted molar refractivity (Wildman–Crippen MR) is 93.0 cm³/mol. The average molecular weight is 309 g/mol. The minimum atomic E-state index is 0.354. The Balaban J connectivity index is 1.85. The molecule has 0 bridgehead atoms. The fourth-order valence-electron chi connectivity index (χ4n) is 3.41. The molecule has 1 atom stereocenters. The molecular weight excluding hydrogens is 290 g/mol. The van der Waals surface area contributed by atoms with Crippen LogP contribution in [0.15, 0.2) is 48.5 Å². The van der Waals surface area contributed by atoms with Gasteiger partial charge in [-0.05, 0) is 48.2 Å². The molecule has 4 rings (SSSR count). The smallest absolute Gasteiger partial charge is 0.118 e. The molecule has 0 fully saturated rings. The molecule has 0 N–H and O–H groups in total. The molecule has 1 aromatic heterocycles. The maximum Gasteiger partial charge on any atom is 0.118 e. The predicted octanol–water partition coefficient (Wildman–Crippen LogP) is 4.49. The van der Waals surface area contributed by atoms with Crippen LogP contribution in [-0.4, -0.2) is 25.6 Å². The van der Waals surface area contributed by atoms with Gasteiger partial charge in [-0.1, -0.05) is 30.3 Å². The lowest BCUT2D eigenvalue weighted by atomic mass is 9.94. The SMILES string of the molecule is COc1ccc(C2c3sc4ccccc4c3CCN2C)cc1. The summed E-state index contributed by atoms with van der Waals surface area (Å²) < 4.78 is 6.69. The Morgan fingerprint density at radius 2 is 1.86 bits per heavy atom. The van der Waals surface area contributed by atoms with Crippen molar-refractivity contribution < 1.29 is 4.74 Å². The van der Waals surface area contributed by atoms with E-state index in [2.05, 4.69) is 60.5 Å².